The highest BCUT2D eigenvalue weighted by Gasteiger charge is 2.18. The van der Waals surface area contributed by atoms with E-state index in [4.69, 9.17) is 5.11 Å². The molecule has 0 unspecified atom stereocenters. The molecule has 110 valence electrons. The molecule has 0 aliphatic rings. The number of aromatic nitrogens is 4. The summed E-state index contributed by atoms with van der Waals surface area (Å²) < 4.78 is 29.9. The lowest BCUT2D eigenvalue weighted by atomic mass is 10.4. The molecule has 2 aromatic rings. The van der Waals surface area contributed by atoms with Gasteiger partial charge in [-0.2, -0.15) is 10.2 Å². The Kier molecular flexibility index (Phi) is 4.09. The number of rotatable bonds is 6. The van der Waals surface area contributed by atoms with Crippen molar-refractivity contribution in [3.05, 3.63) is 24.3 Å². The Morgan fingerprint density at radius 1 is 1.40 bits per heavy atom. The van der Waals surface area contributed by atoms with E-state index >= 15 is 0 Å². The van der Waals surface area contributed by atoms with Crippen LogP contribution in [0.25, 0.3) is 0 Å². The van der Waals surface area contributed by atoms with Gasteiger partial charge in [0.25, 0.3) is 10.0 Å². The fourth-order valence-corrected chi connectivity index (χ4v) is 2.80. The number of aryl methyl sites for hydroxylation is 3. The lowest BCUT2D eigenvalue weighted by molar-refractivity contribution is 0.277. The van der Waals surface area contributed by atoms with Crippen LogP contribution >= 0.6 is 0 Å². The van der Waals surface area contributed by atoms with E-state index < -0.39 is 10.0 Å². The molecule has 8 nitrogen and oxygen atoms in total. The SMILES string of the molecule is Cc1nn(C)cc1NS(=O)(=O)c1cnn(CCCO)c1. The summed E-state index contributed by atoms with van der Waals surface area (Å²) in [6.45, 7) is 2.23. The second-order valence-corrected chi connectivity index (χ2v) is 6.11. The zero-order valence-electron chi connectivity index (χ0n) is 11.3. The molecule has 0 aliphatic carbocycles. The summed E-state index contributed by atoms with van der Waals surface area (Å²) in [5.74, 6) is 0. The lowest BCUT2D eigenvalue weighted by Crippen LogP contribution is -2.12. The van der Waals surface area contributed by atoms with Crippen LogP contribution in [-0.2, 0) is 23.6 Å². The Morgan fingerprint density at radius 2 is 2.15 bits per heavy atom. The smallest absolute Gasteiger partial charge is 0.265 e. The summed E-state index contributed by atoms with van der Waals surface area (Å²) >= 11 is 0. The molecule has 0 saturated carbocycles. The number of aliphatic hydroxyl groups is 1. The summed E-state index contributed by atoms with van der Waals surface area (Å²) in [5, 5.41) is 16.8. The minimum absolute atomic E-state index is 0.0368. The maximum Gasteiger partial charge on any atom is 0.265 e. The molecular weight excluding hydrogens is 282 g/mol. The van der Waals surface area contributed by atoms with Crippen molar-refractivity contribution >= 4 is 15.7 Å². The summed E-state index contributed by atoms with van der Waals surface area (Å²) in [5.41, 5.74) is 1.04. The predicted molar refractivity (Wildman–Crippen MR) is 72.7 cm³/mol. The third-order valence-electron chi connectivity index (χ3n) is 2.72. The fraction of sp³-hybridized carbons (Fsp3) is 0.455. The summed E-state index contributed by atoms with van der Waals surface area (Å²) in [7, 11) is -1.96. The molecule has 0 amide bonds. The van der Waals surface area contributed by atoms with E-state index in [9.17, 15) is 8.42 Å². The first kappa shape index (κ1) is 14.5. The van der Waals surface area contributed by atoms with E-state index in [1.54, 1.807) is 20.2 Å². The molecule has 0 fully saturated rings. The minimum atomic E-state index is -3.68. The molecular formula is C11H17N5O3S. The molecule has 2 heterocycles. The largest absolute Gasteiger partial charge is 0.396 e. The van der Waals surface area contributed by atoms with Gasteiger partial charge in [-0.3, -0.25) is 14.1 Å². The number of hydrogen-bond acceptors (Lipinski definition) is 5. The quantitative estimate of drug-likeness (QED) is 0.788. The summed E-state index contributed by atoms with van der Waals surface area (Å²) in [6, 6.07) is 0. The molecule has 0 radical (unpaired) electrons. The topological polar surface area (TPSA) is 102 Å². The van der Waals surface area contributed by atoms with E-state index in [0.29, 0.717) is 24.3 Å². The second kappa shape index (κ2) is 5.63. The second-order valence-electron chi connectivity index (χ2n) is 4.42. The standard InChI is InChI=1S/C11H17N5O3S/c1-9-11(8-15(2)13-9)14-20(18,19)10-6-12-16(7-10)4-3-5-17/h6-8,14,17H,3-5H2,1-2H3. The van der Waals surface area contributed by atoms with Gasteiger partial charge in [0.15, 0.2) is 0 Å². The molecule has 9 heteroatoms. The van der Waals surface area contributed by atoms with Gasteiger partial charge in [-0.25, -0.2) is 8.42 Å². The van der Waals surface area contributed by atoms with E-state index in [0.717, 1.165) is 0 Å². The Labute approximate surface area is 117 Å². The normalized spacial score (nSPS) is 11.8. The van der Waals surface area contributed by atoms with Gasteiger partial charge in [0.1, 0.15) is 4.90 Å². The number of sulfonamides is 1. The van der Waals surface area contributed by atoms with Gasteiger partial charge in [0.2, 0.25) is 0 Å². The highest BCUT2D eigenvalue weighted by Crippen LogP contribution is 2.17. The predicted octanol–water partition coefficient (Wildman–Crippen LogP) is 0.108. The molecule has 0 atom stereocenters. The van der Waals surface area contributed by atoms with Crippen LogP contribution in [0.4, 0.5) is 5.69 Å². The van der Waals surface area contributed by atoms with Crippen LogP contribution < -0.4 is 4.72 Å². The van der Waals surface area contributed by atoms with Gasteiger partial charge < -0.3 is 5.11 Å². The van der Waals surface area contributed by atoms with Crippen LogP contribution in [0.2, 0.25) is 0 Å². The maximum atomic E-state index is 12.2. The fourth-order valence-electron chi connectivity index (χ4n) is 1.74. The Balaban J connectivity index is 2.18. The Morgan fingerprint density at radius 3 is 2.75 bits per heavy atom. The van der Waals surface area contributed by atoms with Gasteiger partial charge in [-0.1, -0.05) is 0 Å². The first-order valence-corrected chi connectivity index (χ1v) is 7.57. The van der Waals surface area contributed by atoms with Crippen molar-refractivity contribution in [3.63, 3.8) is 0 Å². The number of nitrogens with one attached hydrogen (secondary N) is 1. The molecule has 2 N–H and O–H groups in total. The zero-order chi connectivity index (χ0) is 14.8. The number of hydrogen-bond donors (Lipinski definition) is 2. The average molecular weight is 299 g/mol. The van der Waals surface area contributed by atoms with Gasteiger partial charge in [0.05, 0.1) is 17.6 Å². The van der Waals surface area contributed by atoms with Crippen molar-refractivity contribution in [2.45, 2.75) is 24.8 Å². The minimum Gasteiger partial charge on any atom is -0.396 e. The van der Waals surface area contributed by atoms with Crippen molar-refractivity contribution in [1.82, 2.24) is 19.6 Å². The Hall–Kier alpha value is -1.87. The summed E-state index contributed by atoms with van der Waals surface area (Å²) in [6.07, 6.45) is 4.84. The van der Waals surface area contributed by atoms with E-state index in [2.05, 4.69) is 14.9 Å². The van der Waals surface area contributed by atoms with E-state index in [-0.39, 0.29) is 11.5 Å². The Bertz CT molecular complexity index is 689. The van der Waals surface area contributed by atoms with Gasteiger partial charge in [0, 0.05) is 32.6 Å². The average Bonchev–Trinajstić information content (AvgIpc) is 2.94. The van der Waals surface area contributed by atoms with Crippen molar-refractivity contribution < 1.29 is 13.5 Å². The third kappa shape index (κ3) is 3.17. The molecule has 2 aromatic heterocycles. The summed E-state index contributed by atoms with van der Waals surface area (Å²) in [4.78, 5) is 0.0821. The van der Waals surface area contributed by atoms with Crippen LogP contribution in [-0.4, -0.2) is 39.7 Å². The molecule has 0 aromatic carbocycles. The number of aliphatic hydroxyl groups excluding tert-OH is 1. The molecule has 20 heavy (non-hydrogen) atoms. The van der Waals surface area contributed by atoms with Gasteiger partial charge in [-0.05, 0) is 13.3 Å². The maximum absolute atomic E-state index is 12.2. The van der Waals surface area contributed by atoms with Crippen LogP contribution in [0.1, 0.15) is 12.1 Å². The molecule has 0 saturated heterocycles. The van der Waals surface area contributed by atoms with Crippen molar-refractivity contribution in [3.8, 4) is 0 Å². The highest BCUT2D eigenvalue weighted by molar-refractivity contribution is 7.92. The van der Waals surface area contributed by atoms with Crippen LogP contribution in [0.3, 0.4) is 0 Å². The molecule has 2 rings (SSSR count). The van der Waals surface area contributed by atoms with Crippen molar-refractivity contribution in [2.75, 3.05) is 11.3 Å². The van der Waals surface area contributed by atoms with Crippen LogP contribution in [0.5, 0.6) is 0 Å². The van der Waals surface area contributed by atoms with Gasteiger partial charge >= 0.3 is 0 Å². The molecule has 0 bridgehead atoms. The molecule has 0 spiro atoms. The van der Waals surface area contributed by atoms with Crippen LogP contribution in [0.15, 0.2) is 23.5 Å². The van der Waals surface area contributed by atoms with Crippen LogP contribution in [0, 0.1) is 6.92 Å². The van der Waals surface area contributed by atoms with Crippen molar-refractivity contribution in [2.24, 2.45) is 7.05 Å². The molecule has 0 aliphatic heterocycles. The van der Waals surface area contributed by atoms with Crippen molar-refractivity contribution in [1.29, 1.82) is 0 Å². The van der Waals surface area contributed by atoms with E-state index in [1.165, 1.54) is 21.8 Å². The number of nitrogens with zero attached hydrogens (tertiary/aromatic N) is 4. The first-order valence-electron chi connectivity index (χ1n) is 6.09. The first-order chi connectivity index (χ1) is 9.42. The number of anilines is 1. The van der Waals surface area contributed by atoms with Gasteiger partial charge in [-0.15, -0.1) is 0 Å². The highest BCUT2D eigenvalue weighted by atomic mass is 32.2. The third-order valence-corrected chi connectivity index (χ3v) is 4.04. The van der Waals surface area contributed by atoms with E-state index in [1.807, 2.05) is 0 Å². The lowest BCUT2D eigenvalue weighted by Gasteiger charge is -2.04. The monoisotopic (exact) mass is 299 g/mol. The zero-order valence-corrected chi connectivity index (χ0v) is 12.1.